The summed E-state index contributed by atoms with van der Waals surface area (Å²) in [6.45, 7) is 2.85. The summed E-state index contributed by atoms with van der Waals surface area (Å²) in [5.74, 6) is 1.18. The summed E-state index contributed by atoms with van der Waals surface area (Å²) >= 11 is 1.39. The molecular weight excluding hydrogens is 376 g/mol. The quantitative estimate of drug-likeness (QED) is 0.358. The number of para-hydroxylation sites is 3. The summed E-state index contributed by atoms with van der Waals surface area (Å²) in [6, 6.07) is 13.4. The van der Waals surface area contributed by atoms with Crippen LogP contribution in [0.15, 0.2) is 52.7 Å². The van der Waals surface area contributed by atoms with Crippen molar-refractivity contribution in [2.75, 3.05) is 20.0 Å². The zero-order valence-electron chi connectivity index (χ0n) is 16.0. The average Bonchev–Trinajstić information content (AvgIpc) is 3.09. The molecule has 7 nitrogen and oxygen atoms in total. The van der Waals surface area contributed by atoms with Gasteiger partial charge in [-0.15, -0.1) is 0 Å². The van der Waals surface area contributed by atoms with E-state index in [1.807, 2.05) is 36.4 Å². The molecule has 0 bridgehead atoms. The zero-order chi connectivity index (χ0) is 19.9. The molecule has 3 rings (SSSR count). The molecule has 1 heterocycles. The highest BCUT2D eigenvalue weighted by atomic mass is 32.2. The molecule has 2 aromatic carbocycles. The molecule has 1 aromatic heterocycles. The minimum atomic E-state index is -0.210. The van der Waals surface area contributed by atoms with E-state index in [1.165, 1.54) is 18.0 Å². The third kappa shape index (κ3) is 4.28. The van der Waals surface area contributed by atoms with Crippen molar-refractivity contribution in [1.82, 2.24) is 15.0 Å². The second kappa shape index (κ2) is 9.27. The molecule has 8 heteroatoms. The van der Waals surface area contributed by atoms with Gasteiger partial charge in [-0.3, -0.25) is 4.79 Å². The number of hydrazone groups is 1. The van der Waals surface area contributed by atoms with Gasteiger partial charge in [0.15, 0.2) is 16.7 Å². The van der Waals surface area contributed by atoms with Crippen molar-refractivity contribution in [2.45, 2.75) is 18.6 Å². The van der Waals surface area contributed by atoms with Crippen molar-refractivity contribution < 1.29 is 14.3 Å². The van der Waals surface area contributed by atoms with E-state index in [1.54, 1.807) is 20.3 Å². The highest BCUT2D eigenvalue weighted by molar-refractivity contribution is 7.99. The number of carbonyl (C=O) groups excluding carboxylic acids is 1. The molecule has 0 saturated heterocycles. The van der Waals surface area contributed by atoms with Gasteiger partial charge in [-0.2, -0.15) is 5.10 Å². The number of carbonyl (C=O) groups is 1. The number of rotatable bonds is 8. The van der Waals surface area contributed by atoms with E-state index < -0.39 is 0 Å². The van der Waals surface area contributed by atoms with Gasteiger partial charge >= 0.3 is 0 Å². The molecule has 146 valence electrons. The number of hydrogen-bond donors (Lipinski definition) is 1. The normalized spacial score (nSPS) is 11.1. The molecule has 3 aromatic rings. The first-order chi connectivity index (χ1) is 13.7. The number of methoxy groups -OCH3 is 2. The fourth-order valence-electron chi connectivity index (χ4n) is 2.82. The summed E-state index contributed by atoms with van der Waals surface area (Å²) in [4.78, 5) is 16.8. The van der Waals surface area contributed by atoms with Gasteiger partial charge in [0.25, 0.3) is 5.91 Å². The van der Waals surface area contributed by atoms with Crippen molar-refractivity contribution in [3.05, 3.63) is 48.0 Å². The number of benzene rings is 2. The van der Waals surface area contributed by atoms with Crippen molar-refractivity contribution in [3.8, 4) is 11.5 Å². The van der Waals surface area contributed by atoms with Crippen LogP contribution in [-0.2, 0) is 11.3 Å². The van der Waals surface area contributed by atoms with Crippen LogP contribution in [0, 0.1) is 0 Å². The highest BCUT2D eigenvalue weighted by Crippen LogP contribution is 2.29. The molecule has 1 N–H and O–H groups in total. The molecule has 0 aliphatic heterocycles. The molecule has 0 saturated carbocycles. The minimum absolute atomic E-state index is 0.210. The fourth-order valence-corrected chi connectivity index (χ4v) is 3.69. The number of aromatic nitrogens is 2. The van der Waals surface area contributed by atoms with E-state index in [9.17, 15) is 4.79 Å². The molecule has 0 atom stereocenters. The van der Waals surface area contributed by atoms with E-state index in [-0.39, 0.29) is 11.7 Å². The predicted molar refractivity (Wildman–Crippen MR) is 111 cm³/mol. The predicted octanol–water partition coefficient (Wildman–Crippen LogP) is 3.32. The van der Waals surface area contributed by atoms with Crippen molar-refractivity contribution in [3.63, 3.8) is 0 Å². The van der Waals surface area contributed by atoms with Gasteiger partial charge < -0.3 is 14.0 Å². The van der Waals surface area contributed by atoms with Crippen LogP contribution >= 0.6 is 11.8 Å². The number of amides is 1. The second-order valence-corrected chi connectivity index (χ2v) is 6.73. The molecule has 0 fully saturated rings. The van der Waals surface area contributed by atoms with Gasteiger partial charge in [0, 0.05) is 12.1 Å². The highest BCUT2D eigenvalue weighted by Gasteiger charge is 2.12. The largest absolute Gasteiger partial charge is 0.493 e. The van der Waals surface area contributed by atoms with Crippen molar-refractivity contribution >= 4 is 34.9 Å². The van der Waals surface area contributed by atoms with E-state index in [2.05, 4.69) is 27.0 Å². The number of nitrogens with zero attached hydrogens (tertiary/aromatic N) is 3. The van der Waals surface area contributed by atoms with Crippen molar-refractivity contribution in [2.24, 2.45) is 5.10 Å². The van der Waals surface area contributed by atoms with Gasteiger partial charge in [0.05, 0.1) is 37.2 Å². The van der Waals surface area contributed by atoms with Crippen LogP contribution in [0.1, 0.15) is 12.5 Å². The van der Waals surface area contributed by atoms with Crippen LogP contribution in [0.2, 0.25) is 0 Å². The summed E-state index contributed by atoms with van der Waals surface area (Å²) in [6.07, 6.45) is 1.53. The Morgan fingerprint density at radius 2 is 2.04 bits per heavy atom. The van der Waals surface area contributed by atoms with Crippen LogP contribution in [0.3, 0.4) is 0 Å². The number of imidazole rings is 1. The molecular formula is C20H22N4O3S. The van der Waals surface area contributed by atoms with Crippen LogP contribution in [0.25, 0.3) is 11.0 Å². The summed E-state index contributed by atoms with van der Waals surface area (Å²) in [5, 5.41) is 4.84. The number of nitrogens with one attached hydrogen (secondary N) is 1. The Hall–Kier alpha value is -3.00. The van der Waals surface area contributed by atoms with Crippen LogP contribution in [-0.4, -0.2) is 41.6 Å². The zero-order valence-corrected chi connectivity index (χ0v) is 16.8. The molecule has 28 heavy (non-hydrogen) atoms. The molecule has 0 unspecified atom stereocenters. The van der Waals surface area contributed by atoms with Gasteiger partial charge in [-0.05, 0) is 31.2 Å². The Labute approximate surface area is 167 Å². The molecule has 1 amide bonds. The maximum atomic E-state index is 12.2. The number of hydrogen-bond acceptors (Lipinski definition) is 6. The first-order valence-electron chi connectivity index (χ1n) is 8.78. The number of aryl methyl sites for hydroxylation is 1. The average molecular weight is 398 g/mol. The third-order valence-electron chi connectivity index (χ3n) is 4.09. The lowest BCUT2D eigenvalue weighted by molar-refractivity contribution is -0.118. The fraction of sp³-hybridized carbons (Fsp3) is 0.250. The van der Waals surface area contributed by atoms with Crippen LogP contribution < -0.4 is 14.9 Å². The van der Waals surface area contributed by atoms with Crippen LogP contribution in [0.4, 0.5) is 0 Å². The first-order valence-corrected chi connectivity index (χ1v) is 9.77. The number of thioether (sulfide) groups is 1. The maximum Gasteiger partial charge on any atom is 0.250 e. The third-order valence-corrected chi connectivity index (χ3v) is 5.07. The minimum Gasteiger partial charge on any atom is -0.493 e. The SMILES string of the molecule is CCn1c(SCC(=O)N/N=C/c2cccc(OC)c2OC)nc2ccccc21. The number of ether oxygens (including phenoxy) is 2. The lowest BCUT2D eigenvalue weighted by Crippen LogP contribution is -2.20. The van der Waals surface area contributed by atoms with E-state index in [0.717, 1.165) is 22.7 Å². The van der Waals surface area contributed by atoms with Gasteiger partial charge in [0.2, 0.25) is 0 Å². The first kappa shape index (κ1) is 19.8. The Bertz CT molecular complexity index is 1000. The standard InChI is InChI=1S/C20H22N4O3S/c1-4-24-16-10-6-5-9-15(16)22-20(24)28-13-18(25)23-21-12-14-8-7-11-17(26-2)19(14)27-3/h5-12H,4,13H2,1-3H3,(H,23,25)/b21-12+. The molecule has 0 aliphatic rings. The number of fused-ring (bicyclic) bond motifs is 1. The molecule has 0 radical (unpaired) electrons. The Kier molecular flexibility index (Phi) is 6.54. The van der Waals surface area contributed by atoms with Gasteiger partial charge in [-0.25, -0.2) is 10.4 Å². The van der Waals surface area contributed by atoms with E-state index in [4.69, 9.17) is 9.47 Å². The lowest BCUT2D eigenvalue weighted by Gasteiger charge is -2.09. The van der Waals surface area contributed by atoms with E-state index >= 15 is 0 Å². The Morgan fingerprint density at radius 1 is 1.21 bits per heavy atom. The maximum absolute atomic E-state index is 12.2. The topological polar surface area (TPSA) is 77.7 Å². The second-order valence-electron chi connectivity index (χ2n) is 5.79. The molecule has 0 spiro atoms. The smallest absolute Gasteiger partial charge is 0.250 e. The van der Waals surface area contributed by atoms with Gasteiger partial charge in [-0.1, -0.05) is 30.0 Å². The summed E-state index contributed by atoms with van der Waals surface area (Å²) < 4.78 is 12.7. The van der Waals surface area contributed by atoms with Crippen molar-refractivity contribution in [1.29, 1.82) is 0 Å². The molecule has 0 aliphatic carbocycles. The Balaban J connectivity index is 1.62. The van der Waals surface area contributed by atoms with Gasteiger partial charge in [0.1, 0.15) is 0 Å². The summed E-state index contributed by atoms with van der Waals surface area (Å²) in [5.41, 5.74) is 5.24. The van der Waals surface area contributed by atoms with Crippen LogP contribution in [0.5, 0.6) is 11.5 Å². The monoisotopic (exact) mass is 398 g/mol. The van der Waals surface area contributed by atoms with E-state index in [0.29, 0.717) is 17.1 Å². The lowest BCUT2D eigenvalue weighted by atomic mass is 10.2. The summed E-state index contributed by atoms with van der Waals surface area (Å²) in [7, 11) is 3.13. The Morgan fingerprint density at radius 3 is 2.79 bits per heavy atom.